The van der Waals surface area contributed by atoms with Crippen LogP contribution in [0.5, 0.6) is 0 Å². The summed E-state index contributed by atoms with van der Waals surface area (Å²) in [7, 11) is 0.989. The minimum absolute atomic E-state index is 0.244. The van der Waals surface area contributed by atoms with Gasteiger partial charge in [-0.15, -0.1) is 0 Å². The van der Waals surface area contributed by atoms with Crippen molar-refractivity contribution >= 4 is 23.2 Å². The molecule has 2 aliphatic rings. The van der Waals surface area contributed by atoms with Crippen molar-refractivity contribution in [3.05, 3.63) is 33.6 Å². The van der Waals surface area contributed by atoms with Crippen LogP contribution in [0, 0.1) is 0 Å². The Labute approximate surface area is 97.2 Å². The number of aldehydes is 1. The summed E-state index contributed by atoms with van der Waals surface area (Å²) in [6.07, 6.45) is 6.50. The van der Waals surface area contributed by atoms with Crippen molar-refractivity contribution in [1.29, 1.82) is 0 Å². The van der Waals surface area contributed by atoms with E-state index in [4.69, 9.17) is 4.74 Å². The van der Waals surface area contributed by atoms with E-state index in [2.05, 4.69) is 5.41 Å². The number of thiol groups is 1. The van der Waals surface area contributed by atoms with Gasteiger partial charge in [0.2, 0.25) is 0 Å². The molecule has 2 rings (SSSR count). The van der Waals surface area contributed by atoms with Gasteiger partial charge in [-0.1, -0.05) is 0 Å². The molecule has 1 aliphatic carbocycles. The second kappa shape index (κ2) is 4.70. The fourth-order valence-corrected chi connectivity index (χ4v) is 3.89. The van der Waals surface area contributed by atoms with E-state index >= 15 is 0 Å². The van der Waals surface area contributed by atoms with E-state index in [1.165, 1.54) is 12.0 Å². The number of allylic oxidation sites excluding steroid dienone is 4. The number of ether oxygens (including phenoxy) is 1. The van der Waals surface area contributed by atoms with Crippen LogP contribution in [0.25, 0.3) is 0 Å². The molecule has 0 N–H and O–H groups in total. The zero-order valence-corrected chi connectivity index (χ0v) is 10.00. The molecule has 86 valence electrons. The molecule has 4 heteroatoms. The zero-order chi connectivity index (χ0) is 11.5. The minimum atomic E-state index is -0.411. The molecule has 3 nitrogen and oxygen atoms in total. The number of methoxy groups -OCH3 is 1. The molecular formula is C12H14O3S. The third-order valence-electron chi connectivity index (χ3n) is 2.79. The van der Waals surface area contributed by atoms with Gasteiger partial charge in [-0.05, 0) is 40.9 Å². The first-order chi connectivity index (χ1) is 7.76. The van der Waals surface area contributed by atoms with Crippen molar-refractivity contribution < 1.29 is 14.3 Å². The zero-order valence-electron chi connectivity index (χ0n) is 9.10. The molecule has 0 radical (unpaired) electrons. The lowest BCUT2D eigenvalue weighted by Gasteiger charge is -2.20. The van der Waals surface area contributed by atoms with Crippen molar-refractivity contribution in [1.82, 2.24) is 0 Å². The Morgan fingerprint density at radius 2 is 2.38 bits per heavy atom. The van der Waals surface area contributed by atoms with Gasteiger partial charge < -0.3 is 9.53 Å². The molecule has 0 spiro atoms. The Bertz CT molecular complexity index is 418. The van der Waals surface area contributed by atoms with Gasteiger partial charge in [0, 0.05) is 11.3 Å². The average molecular weight is 238 g/mol. The lowest BCUT2D eigenvalue weighted by atomic mass is 9.99. The molecular weight excluding hydrogens is 224 g/mol. The number of carbonyl (C=O) groups is 2. The molecule has 16 heavy (non-hydrogen) atoms. The minimum Gasteiger partial charge on any atom is -0.466 e. The first-order valence-corrected chi connectivity index (χ1v) is 6.76. The van der Waals surface area contributed by atoms with Gasteiger partial charge in [0.15, 0.2) is 0 Å². The van der Waals surface area contributed by atoms with Gasteiger partial charge in [-0.2, -0.15) is 0 Å². The molecule has 0 aromatic carbocycles. The highest BCUT2D eigenvalue weighted by Gasteiger charge is 2.23. The molecule has 0 aromatic heterocycles. The predicted molar refractivity (Wildman–Crippen MR) is 65.4 cm³/mol. The monoisotopic (exact) mass is 238 g/mol. The molecule has 0 saturated heterocycles. The SMILES string of the molecule is COC(=O)C1=CC2=C(CC1)[SH](CC=O)C=C2. The van der Waals surface area contributed by atoms with Crippen LogP contribution in [-0.4, -0.2) is 25.1 Å². The van der Waals surface area contributed by atoms with Gasteiger partial charge in [-0.25, -0.2) is 15.7 Å². The van der Waals surface area contributed by atoms with Gasteiger partial charge in [0.25, 0.3) is 0 Å². The van der Waals surface area contributed by atoms with Crippen LogP contribution in [0.15, 0.2) is 33.6 Å². The highest BCUT2D eigenvalue weighted by atomic mass is 32.2. The lowest BCUT2D eigenvalue weighted by Crippen LogP contribution is -2.08. The number of hydrogen-bond acceptors (Lipinski definition) is 3. The van der Waals surface area contributed by atoms with Crippen LogP contribution in [-0.2, 0) is 14.3 Å². The van der Waals surface area contributed by atoms with Crippen molar-refractivity contribution in [3.63, 3.8) is 0 Å². The van der Waals surface area contributed by atoms with Crippen LogP contribution in [0.3, 0.4) is 0 Å². The first-order valence-electron chi connectivity index (χ1n) is 5.16. The number of hydrogen-bond donors (Lipinski definition) is 1. The van der Waals surface area contributed by atoms with E-state index in [1.54, 1.807) is 0 Å². The Kier molecular flexibility index (Phi) is 3.29. The van der Waals surface area contributed by atoms with Crippen LogP contribution >= 0.6 is 10.9 Å². The molecule has 0 fully saturated rings. The van der Waals surface area contributed by atoms with Gasteiger partial charge in [-0.3, -0.25) is 0 Å². The van der Waals surface area contributed by atoms with E-state index < -0.39 is 10.9 Å². The maximum atomic E-state index is 11.4. The lowest BCUT2D eigenvalue weighted by molar-refractivity contribution is -0.136. The van der Waals surface area contributed by atoms with Crippen molar-refractivity contribution in [2.24, 2.45) is 0 Å². The molecule has 0 saturated carbocycles. The topological polar surface area (TPSA) is 43.4 Å². The average Bonchev–Trinajstić information content (AvgIpc) is 2.71. The summed E-state index contributed by atoms with van der Waals surface area (Å²) >= 11 is 0. The normalized spacial score (nSPS) is 25.1. The summed E-state index contributed by atoms with van der Waals surface area (Å²) in [5, 5.41) is 2.10. The standard InChI is InChI=1S/C12H14O3S/c1-15-12(14)10-2-3-11-9(8-10)4-6-16(11)7-5-13/h4-6,8,16H,2-3,7H2,1H3. The third-order valence-corrected chi connectivity index (χ3v) is 5.02. The van der Waals surface area contributed by atoms with E-state index in [0.717, 1.165) is 30.3 Å². The molecule has 1 aliphatic heterocycles. The molecule has 0 amide bonds. The first kappa shape index (κ1) is 11.2. The van der Waals surface area contributed by atoms with E-state index in [1.807, 2.05) is 12.2 Å². The molecule has 1 unspecified atom stereocenters. The van der Waals surface area contributed by atoms with Crippen LogP contribution in [0.4, 0.5) is 0 Å². The maximum Gasteiger partial charge on any atom is 0.333 e. The summed E-state index contributed by atoms with van der Waals surface area (Å²) < 4.78 is 4.71. The summed E-state index contributed by atoms with van der Waals surface area (Å²) in [4.78, 5) is 23.2. The van der Waals surface area contributed by atoms with Crippen molar-refractivity contribution in [3.8, 4) is 0 Å². The number of rotatable bonds is 3. The molecule has 1 heterocycles. The van der Waals surface area contributed by atoms with Gasteiger partial charge >= 0.3 is 5.97 Å². The van der Waals surface area contributed by atoms with Crippen LogP contribution < -0.4 is 0 Å². The summed E-state index contributed by atoms with van der Waals surface area (Å²) in [6.45, 7) is 0. The largest absolute Gasteiger partial charge is 0.466 e. The Morgan fingerprint density at radius 1 is 1.56 bits per heavy atom. The Balaban J connectivity index is 2.21. The molecule has 0 bridgehead atoms. The second-order valence-electron chi connectivity index (χ2n) is 3.70. The Morgan fingerprint density at radius 3 is 3.06 bits per heavy atom. The fourth-order valence-electron chi connectivity index (χ4n) is 2.00. The third kappa shape index (κ3) is 1.97. The predicted octanol–water partition coefficient (Wildman–Crippen LogP) is 1.86. The highest BCUT2D eigenvalue weighted by molar-refractivity contribution is 8.23. The number of carbonyl (C=O) groups excluding carboxylic acids is 2. The maximum absolute atomic E-state index is 11.4. The van der Waals surface area contributed by atoms with E-state index in [-0.39, 0.29) is 5.97 Å². The van der Waals surface area contributed by atoms with Crippen molar-refractivity contribution in [2.45, 2.75) is 12.8 Å². The Hall–Kier alpha value is -1.29. The van der Waals surface area contributed by atoms with Crippen molar-refractivity contribution in [2.75, 3.05) is 12.9 Å². The van der Waals surface area contributed by atoms with E-state index in [9.17, 15) is 9.59 Å². The highest BCUT2D eigenvalue weighted by Crippen LogP contribution is 2.48. The van der Waals surface area contributed by atoms with Crippen LogP contribution in [0.1, 0.15) is 12.8 Å². The smallest absolute Gasteiger partial charge is 0.333 e. The summed E-state index contributed by atoms with van der Waals surface area (Å²) in [6, 6.07) is 0. The number of esters is 1. The molecule has 0 aromatic rings. The van der Waals surface area contributed by atoms with Gasteiger partial charge in [0.1, 0.15) is 6.29 Å². The fraction of sp³-hybridized carbons (Fsp3) is 0.333. The second-order valence-corrected chi connectivity index (χ2v) is 5.84. The van der Waals surface area contributed by atoms with E-state index in [0.29, 0.717) is 5.75 Å². The van der Waals surface area contributed by atoms with Gasteiger partial charge in [0.05, 0.1) is 7.11 Å². The molecule has 1 atom stereocenters. The quantitative estimate of drug-likeness (QED) is 0.463. The summed E-state index contributed by atoms with van der Waals surface area (Å²) in [5.74, 6) is 0.359. The van der Waals surface area contributed by atoms with Crippen LogP contribution in [0.2, 0.25) is 0 Å². The summed E-state index contributed by atoms with van der Waals surface area (Å²) in [5.41, 5.74) is 1.84.